The SMILES string of the molecule is C=CCCC[C@H](Cc1ccccc1)C(=O)OC[C@H](CSCc1ccccc1)NC(=O)[C@@H](CC=C)CC(=O)N[C@H](C)CO. The molecule has 2 aromatic carbocycles. The van der Waals surface area contributed by atoms with Crippen LogP contribution in [0.3, 0.4) is 0 Å². The molecule has 0 saturated carbocycles. The van der Waals surface area contributed by atoms with Crippen LogP contribution in [0.15, 0.2) is 86.0 Å². The molecule has 3 N–H and O–H groups in total. The van der Waals surface area contributed by atoms with Crippen molar-refractivity contribution in [1.29, 1.82) is 0 Å². The minimum absolute atomic E-state index is 0.0334. The summed E-state index contributed by atoms with van der Waals surface area (Å²) in [6, 6.07) is 19.1. The molecular weight excluding hydrogens is 548 g/mol. The molecule has 0 unspecified atom stereocenters. The molecule has 0 bridgehead atoms. The van der Waals surface area contributed by atoms with Crippen molar-refractivity contribution >= 4 is 29.5 Å². The molecule has 0 aliphatic carbocycles. The summed E-state index contributed by atoms with van der Waals surface area (Å²) < 4.78 is 5.84. The maximum Gasteiger partial charge on any atom is 0.309 e. The minimum atomic E-state index is -0.629. The van der Waals surface area contributed by atoms with E-state index in [1.165, 1.54) is 0 Å². The smallest absolute Gasteiger partial charge is 0.309 e. The van der Waals surface area contributed by atoms with Gasteiger partial charge in [-0.2, -0.15) is 11.8 Å². The van der Waals surface area contributed by atoms with Crippen LogP contribution < -0.4 is 10.6 Å². The van der Waals surface area contributed by atoms with Crippen molar-refractivity contribution in [2.24, 2.45) is 11.8 Å². The molecule has 2 aromatic rings. The van der Waals surface area contributed by atoms with E-state index >= 15 is 0 Å². The highest BCUT2D eigenvalue weighted by atomic mass is 32.2. The number of ether oxygens (including phenoxy) is 1. The topological polar surface area (TPSA) is 105 Å². The van der Waals surface area contributed by atoms with E-state index < -0.39 is 18.0 Å². The first kappa shape index (κ1) is 34.8. The largest absolute Gasteiger partial charge is 0.463 e. The second-order valence-corrected chi connectivity index (χ2v) is 11.5. The number of allylic oxidation sites excluding steroid dienone is 2. The Balaban J connectivity index is 2.09. The van der Waals surface area contributed by atoms with Gasteiger partial charge >= 0.3 is 5.97 Å². The maximum absolute atomic E-state index is 13.3. The van der Waals surface area contributed by atoms with Crippen LogP contribution in [0.2, 0.25) is 0 Å². The molecule has 7 nitrogen and oxygen atoms in total. The van der Waals surface area contributed by atoms with Crippen molar-refractivity contribution in [3.63, 3.8) is 0 Å². The second kappa shape index (κ2) is 20.5. The number of rotatable bonds is 21. The lowest BCUT2D eigenvalue weighted by Crippen LogP contribution is -2.45. The standard InChI is InChI=1S/C34H46N2O5S/c1-4-6-9-19-30(20-27-15-10-7-11-16-27)34(40)41-23-31(25-42-24-28-17-12-8-13-18-28)36-33(39)29(14-5-2)21-32(38)35-26(3)22-37/h4-5,7-8,10-13,15-18,26,29-31,37H,1-2,6,9,14,19-25H2,3H3,(H,35,38)(H,36,39)/t26-,29+,30-,31-/m1/s1. The molecule has 42 heavy (non-hydrogen) atoms. The van der Waals surface area contributed by atoms with Crippen molar-refractivity contribution in [3.05, 3.63) is 97.1 Å². The van der Waals surface area contributed by atoms with Crippen LogP contribution in [0.5, 0.6) is 0 Å². The maximum atomic E-state index is 13.3. The lowest BCUT2D eigenvalue weighted by molar-refractivity contribution is -0.150. The number of aliphatic hydroxyl groups excluding tert-OH is 1. The Morgan fingerprint density at radius 3 is 2.24 bits per heavy atom. The van der Waals surface area contributed by atoms with E-state index in [0.717, 1.165) is 29.7 Å². The van der Waals surface area contributed by atoms with Gasteiger partial charge in [-0.25, -0.2) is 0 Å². The molecule has 0 aliphatic rings. The van der Waals surface area contributed by atoms with Crippen LogP contribution in [0, 0.1) is 11.8 Å². The molecule has 2 amide bonds. The lowest BCUT2D eigenvalue weighted by Gasteiger charge is -2.24. The predicted octanol–water partition coefficient (Wildman–Crippen LogP) is 5.24. The fraction of sp³-hybridized carbons (Fsp3) is 0.441. The lowest BCUT2D eigenvalue weighted by atomic mass is 9.94. The van der Waals surface area contributed by atoms with Crippen molar-refractivity contribution in [3.8, 4) is 0 Å². The molecular formula is C34H46N2O5S. The van der Waals surface area contributed by atoms with E-state index in [4.69, 9.17) is 4.74 Å². The number of hydrogen-bond donors (Lipinski definition) is 3. The van der Waals surface area contributed by atoms with E-state index in [0.29, 0.717) is 25.0 Å². The normalized spacial score (nSPS) is 13.7. The highest BCUT2D eigenvalue weighted by Crippen LogP contribution is 2.19. The molecule has 228 valence electrons. The fourth-order valence-electron chi connectivity index (χ4n) is 4.44. The molecule has 0 fully saturated rings. The van der Waals surface area contributed by atoms with Gasteiger partial charge in [-0.05, 0) is 50.2 Å². The Morgan fingerprint density at radius 1 is 0.952 bits per heavy atom. The number of nitrogens with one attached hydrogen (secondary N) is 2. The first-order chi connectivity index (χ1) is 20.4. The zero-order valence-corrected chi connectivity index (χ0v) is 25.5. The van der Waals surface area contributed by atoms with Gasteiger partial charge in [-0.3, -0.25) is 14.4 Å². The average molecular weight is 595 g/mol. The van der Waals surface area contributed by atoms with Crippen LogP contribution in [0.4, 0.5) is 0 Å². The van der Waals surface area contributed by atoms with Gasteiger partial charge < -0.3 is 20.5 Å². The summed E-state index contributed by atoms with van der Waals surface area (Å²) in [6.45, 7) is 9.07. The predicted molar refractivity (Wildman–Crippen MR) is 171 cm³/mol. The van der Waals surface area contributed by atoms with Gasteiger partial charge in [0, 0.05) is 24.0 Å². The summed E-state index contributed by atoms with van der Waals surface area (Å²) >= 11 is 1.64. The first-order valence-electron chi connectivity index (χ1n) is 14.6. The number of carbonyl (C=O) groups excluding carboxylic acids is 3. The van der Waals surface area contributed by atoms with E-state index in [1.54, 1.807) is 24.8 Å². The average Bonchev–Trinajstić information content (AvgIpc) is 2.99. The van der Waals surface area contributed by atoms with Gasteiger partial charge in [-0.15, -0.1) is 13.2 Å². The molecule has 0 aliphatic heterocycles. The number of benzene rings is 2. The van der Waals surface area contributed by atoms with E-state index in [1.807, 2.05) is 66.7 Å². The summed E-state index contributed by atoms with van der Waals surface area (Å²) in [5.74, 6) is -0.547. The van der Waals surface area contributed by atoms with Gasteiger partial charge in [0.25, 0.3) is 0 Å². The Hall–Kier alpha value is -3.36. The Labute approximate surface area is 255 Å². The van der Waals surface area contributed by atoms with Crippen molar-refractivity contribution in [2.75, 3.05) is 19.0 Å². The van der Waals surface area contributed by atoms with Crippen molar-refractivity contribution in [1.82, 2.24) is 10.6 Å². The van der Waals surface area contributed by atoms with E-state index in [2.05, 4.69) is 23.8 Å². The molecule has 0 saturated heterocycles. The van der Waals surface area contributed by atoms with Crippen LogP contribution in [0.25, 0.3) is 0 Å². The summed E-state index contributed by atoms with van der Waals surface area (Å²) in [5, 5.41) is 15.0. The summed E-state index contributed by atoms with van der Waals surface area (Å²) in [7, 11) is 0. The quantitative estimate of drug-likeness (QED) is 0.104. The van der Waals surface area contributed by atoms with Gasteiger partial charge in [0.2, 0.25) is 11.8 Å². The molecule has 0 heterocycles. The highest BCUT2D eigenvalue weighted by Gasteiger charge is 2.26. The van der Waals surface area contributed by atoms with Gasteiger partial charge in [0.1, 0.15) is 6.61 Å². The number of hydrogen-bond acceptors (Lipinski definition) is 6. The number of thioether (sulfide) groups is 1. The number of aliphatic hydroxyl groups is 1. The Kier molecular flexibility index (Phi) is 17.0. The van der Waals surface area contributed by atoms with Crippen molar-refractivity contribution < 1.29 is 24.2 Å². The zero-order chi connectivity index (χ0) is 30.6. The van der Waals surface area contributed by atoms with E-state index in [-0.39, 0.29) is 43.3 Å². The third-order valence-electron chi connectivity index (χ3n) is 6.76. The number of esters is 1. The van der Waals surface area contributed by atoms with Crippen molar-refractivity contribution in [2.45, 2.75) is 63.3 Å². The third kappa shape index (κ3) is 14.0. The van der Waals surface area contributed by atoms with E-state index in [9.17, 15) is 19.5 Å². The summed E-state index contributed by atoms with van der Waals surface area (Å²) in [5.41, 5.74) is 2.23. The van der Waals surface area contributed by atoms with Crippen LogP contribution in [-0.4, -0.2) is 53.9 Å². The number of amides is 2. The van der Waals surface area contributed by atoms with Gasteiger partial charge in [0.15, 0.2) is 0 Å². The number of unbranched alkanes of at least 4 members (excludes halogenated alkanes) is 1. The molecule has 2 rings (SSSR count). The zero-order valence-electron chi connectivity index (χ0n) is 24.7. The fourth-order valence-corrected chi connectivity index (χ4v) is 5.45. The Bertz CT molecular complexity index is 1100. The van der Waals surface area contributed by atoms with Gasteiger partial charge in [-0.1, -0.05) is 72.8 Å². The second-order valence-electron chi connectivity index (χ2n) is 10.5. The third-order valence-corrected chi connectivity index (χ3v) is 7.93. The van der Waals surface area contributed by atoms with Crippen LogP contribution in [-0.2, 0) is 31.3 Å². The molecule has 4 atom stereocenters. The molecule has 0 spiro atoms. The van der Waals surface area contributed by atoms with Gasteiger partial charge in [0.05, 0.1) is 24.5 Å². The molecule has 0 radical (unpaired) electrons. The van der Waals surface area contributed by atoms with Crippen LogP contribution in [0.1, 0.15) is 50.2 Å². The number of carbonyl (C=O) groups is 3. The minimum Gasteiger partial charge on any atom is -0.463 e. The molecule has 8 heteroatoms. The first-order valence-corrected chi connectivity index (χ1v) is 15.8. The Morgan fingerprint density at radius 2 is 1.62 bits per heavy atom. The monoisotopic (exact) mass is 594 g/mol. The summed E-state index contributed by atoms with van der Waals surface area (Å²) in [6.07, 6.45) is 6.68. The van der Waals surface area contributed by atoms with Crippen LogP contribution >= 0.6 is 11.8 Å². The molecule has 0 aromatic heterocycles. The highest BCUT2D eigenvalue weighted by molar-refractivity contribution is 7.98. The summed E-state index contributed by atoms with van der Waals surface area (Å²) in [4.78, 5) is 39.0.